The van der Waals surface area contributed by atoms with Gasteiger partial charge in [0.05, 0.1) is 38.8 Å². The summed E-state index contributed by atoms with van der Waals surface area (Å²) in [5.41, 5.74) is 0.901. The number of amides is 2. The van der Waals surface area contributed by atoms with Crippen LogP contribution in [0.2, 0.25) is 0 Å². The summed E-state index contributed by atoms with van der Waals surface area (Å²) in [5, 5.41) is 5.54. The lowest BCUT2D eigenvalue weighted by molar-refractivity contribution is -0.121. The van der Waals surface area contributed by atoms with E-state index < -0.39 is 17.2 Å². The lowest BCUT2D eigenvalue weighted by Gasteiger charge is -2.16. The van der Waals surface area contributed by atoms with Crippen LogP contribution in [0.5, 0.6) is 17.2 Å². The first-order valence-electron chi connectivity index (χ1n) is 12.4. The van der Waals surface area contributed by atoms with Gasteiger partial charge in [0.15, 0.2) is 11.5 Å². The van der Waals surface area contributed by atoms with Crippen molar-refractivity contribution in [1.82, 2.24) is 19.8 Å². The number of ether oxygens (including phenoxy) is 3. The largest absolute Gasteiger partial charge is 0.497 e. The zero-order valence-electron chi connectivity index (χ0n) is 22.6. The molecule has 4 rings (SSSR count). The van der Waals surface area contributed by atoms with Gasteiger partial charge in [0.1, 0.15) is 12.3 Å². The van der Waals surface area contributed by atoms with Crippen molar-refractivity contribution in [2.45, 2.75) is 19.6 Å². The Morgan fingerprint density at radius 2 is 1.52 bits per heavy atom. The van der Waals surface area contributed by atoms with Gasteiger partial charge < -0.3 is 24.8 Å². The zero-order valence-corrected chi connectivity index (χ0v) is 22.6. The van der Waals surface area contributed by atoms with E-state index in [0.717, 1.165) is 10.1 Å². The molecular formula is C29H30N4O7. The fraction of sp³-hybridized carbons (Fsp3) is 0.241. The minimum absolute atomic E-state index is 0.0681. The van der Waals surface area contributed by atoms with Gasteiger partial charge in [0.2, 0.25) is 5.91 Å². The Hall–Kier alpha value is -5.06. The molecule has 40 heavy (non-hydrogen) atoms. The number of aromatic nitrogens is 2. The van der Waals surface area contributed by atoms with E-state index in [1.807, 2.05) is 12.1 Å². The van der Waals surface area contributed by atoms with Crippen LogP contribution in [-0.2, 0) is 24.4 Å². The SMILES string of the molecule is CNC(=O)c1ccc(Cn2c(=O)c3cc(OC)c(OC)cc3n(CC(=O)NCc3cccc(OC)c3)c2=O)cc1. The number of fused-ring (bicyclic) bond motifs is 1. The predicted octanol–water partition coefficient (Wildman–Crippen LogP) is 1.91. The second-order valence-corrected chi connectivity index (χ2v) is 8.89. The van der Waals surface area contributed by atoms with Gasteiger partial charge in [-0.05, 0) is 41.5 Å². The number of carbonyl (C=O) groups is 2. The number of nitrogens with one attached hydrogen (secondary N) is 2. The fourth-order valence-corrected chi connectivity index (χ4v) is 4.31. The van der Waals surface area contributed by atoms with Gasteiger partial charge in [-0.15, -0.1) is 0 Å². The third-order valence-electron chi connectivity index (χ3n) is 6.44. The molecular weight excluding hydrogens is 516 g/mol. The van der Waals surface area contributed by atoms with Crippen LogP contribution in [0.25, 0.3) is 10.9 Å². The molecule has 0 aliphatic rings. The molecule has 0 radical (unpaired) electrons. The lowest BCUT2D eigenvalue weighted by Crippen LogP contribution is -2.42. The summed E-state index contributed by atoms with van der Waals surface area (Å²) in [7, 11) is 5.97. The Morgan fingerprint density at radius 3 is 2.17 bits per heavy atom. The monoisotopic (exact) mass is 546 g/mol. The second kappa shape index (κ2) is 12.2. The van der Waals surface area contributed by atoms with Gasteiger partial charge in [-0.1, -0.05) is 24.3 Å². The molecule has 3 aromatic carbocycles. The first-order chi connectivity index (χ1) is 19.3. The fourth-order valence-electron chi connectivity index (χ4n) is 4.31. The van der Waals surface area contributed by atoms with Crippen molar-refractivity contribution in [2.24, 2.45) is 0 Å². The number of hydrogen-bond acceptors (Lipinski definition) is 7. The van der Waals surface area contributed by atoms with Crippen molar-refractivity contribution >= 4 is 22.7 Å². The topological polar surface area (TPSA) is 130 Å². The molecule has 0 saturated heterocycles. The molecule has 1 heterocycles. The number of hydrogen-bond donors (Lipinski definition) is 2. The normalized spacial score (nSPS) is 10.7. The van der Waals surface area contributed by atoms with Crippen LogP contribution in [0.4, 0.5) is 0 Å². The van der Waals surface area contributed by atoms with Crippen LogP contribution in [0, 0.1) is 0 Å². The van der Waals surface area contributed by atoms with Crippen LogP contribution < -0.4 is 36.1 Å². The van der Waals surface area contributed by atoms with E-state index in [0.29, 0.717) is 28.4 Å². The van der Waals surface area contributed by atoms with Gasteiger partial charge in [0.25, 0.3) is 11.5 Å². The van der Waals surface area contributed by atoms with E-state index in [4.69, 9.17) is 14.2 Å². The smallest absolute Gasteiger partial charge is 0.332 e. The van der Waals surface area contributed by atoms with Gasteiger partial charge in [-0.3, -0.25) is 23.5 Å². The third kappa shape index (κ3) is 5.83. The Balaban J connectivity index is 1.74. The molecule has 208 valence electrons. The van der Waals surface area contributed by atoms with Crippen LogP contribution in [0.3, 0.4) is 0 Å². The maximum absolute atomic E-state index is 13.7. The molecule has 0 bridgehead atoms. The van der Waals surface area contributed by atoms with E-state index in [9.17, 15) is 19.2 Å². The van der Waals surface area contributed by atoms with E-state index in [1.165, 1.54) is 38.0 Å². The minimum Gasteiger partial charge on any atom is -0.497 e. The molecule has 0 unspecified atom stereocenters. The molecule has 0 fully saturated rings. The number of nitrogens with zero attached hydrogens (tertiary/aromatic N) is 2. The highest BCUT2D eigenvalue weighted by Gasteiger charge is 2.19. The van der Waals surface area contributed by atoms with Crippen LogP contribution in [0.1, 0.15) is 21.5 Å². The first-order valence-corrected chi connectivity index (χ1v) is 12.4. The summed E-state index contributed by atoms with van der Waals surface area (Å²) >= 11 is 0. The molecule has 0 atom stereocenters. The molecule has 11 heteroatoms. The van der Waals surface area contributed by atoms with Crippen molar-refractivity contribution in [3.05, 3.63) is 98.2 Å². The number of methoxy groups -OCH3 is 3. The van der Waals surface area contributed by atoms with Gasteiger partial charge in [-0.25, -0.2) is 4.79 Å². The Kier molecular flexibility index (Phi) is 8.53. The molecule has 1 aromatic heterocycles. The van der Waals surface area contributed by atoms with Crippen LogP contribution >= 0.6 is 0 Å². The standard InChI is InChI=1S/C29H30N4O7/c1-30-27(35)20-10-8-18(9-11-20)16-33-28(36)22-13-24(39-3)25(40-4)14-23(22)32(29(33)37)17-26(34)31-15-19-6-5-7-21(12-19)38-2/h5-14H,15-17H2,1-4H3,(H,30,35)(H,31,34). The van der Waals surface area contributed by atoms with Crippen LogP contribution in [0.15, 0.2) is 70.3 Å². The Morgan fingerprint density at radius 1 is 0.825 bits per heavy atom. The molecule has 2 N–H and O–H groups in total. The van der Waals surface area contributed by atoms with E-state index in [2.05, 4.69) is 10.6 Å². The van der Waals surface area contributed by atoms with Crippen molar-refractivity contribution in [3.8, 4) is 17.2 Å². The molecule has 11 nitrogen and oxygen atoms in total. The maximum atomic E-state index is 13.7. The van der Waals surface area contributed by atoms with Crippen molar-refractivity contribution < 1.29 is 23.8 Å². The molecule has 2 amide bonds. The number of benzene rings is 3. The van der Waals surface area contributed by atoms with E-state index in [-0.39, 0.29) is 36.4 Å². The number of carbonyl (C=O) groups excluding carboxylic acids is 2. The molecule has 4 aromatic rings. The van der Waals surface area contributed by atoms with Crippen molar-refractivity contribution in [1.29, 1.82) is 0 Å². The summed E-state index contributed by atoms with van der Waals surface area (Å²) in [6, 6.07) is 16.8. The maximum Gasteiger partial charge on any atom is 0.332 e. The zero-order chi connectivity index (χ0) is 28.8. The highest BCUT2D eigenvalue weighted by Crippen LogP contribution is 2.30. The summed E-state index contributed by atoms with van der Waals surface area (Å²) in [6.07, 6.45) is 0. The molecule has 0 aliphatic heterocycles. The summed E-state index contributed by atoms with van der Waals surface area (Å²) in [4.78, 5) is 52.1. The van der Waals surface area contributed by atoms with Crippen LogP contribution in [-0.4, -0.2) is 49.3 Å². The summed E-state index contributed by atoms with van der Waals surface area (Å²) in [6.45, 7) is -0.191. The Bertz CT molecular complexity index is 1670. The van der Waals surface area contributed by atoms with Crippen molar-refractivity contribution in [2.75, 3.05) is 28.4 Å². The lowest BCUT2D eigenvalue weighted by atomic mass is 10.1. The third-order valence-corrected chi connectivity index (χ3v) is 6.44. The average molecular weight is 547 g/mol. The molecule has 0 saturated carbocycles. The molecule has 0 spiro atoms. The van der Waals surface area contributed by atoms with Crippen molar-refractivity contribution in [3.63, 3.8) is 0 Å². The van der Waals surface area contributed by atoms with Gasteiger partial charge in [-0.2, -0.15) is 0 Å². The Labute approximate surface area is 229 Å². The highest BCUT2D eigenvalue weighted by atomic mass is 16.5. The second-order valence-electron chi connectivity index (χ2n) is 8.89. The molecule has 0 aliphatic carbocycles. The quantitative estimate of drug-likeness (QED) is 0.311. The summed E-state index contributed by atoms with van der Waals surface area (Å²) < 4.78 is 18.3. The highest BCUT2D eigenvalue weighted by molar-refractivity contribution is 5.94. The van der Waals surface area contributed by atoms with Gasteiger partial charge in [0, 0.05) is 25.2 Å². The van der Waals surface area contributed by atoms with Gasteiger partial charge >= 0.3 is 5.69 Å². The van der Waals surface area contributed by atoms with E-state index in [1.54, 1.807) is 43.5 Å². The van der Waals surface area contributed by atoms with E-state index >= 15 is 0 Å². The predicted molar refractivity (Wildman–Crippen MR) is 149 cm³/mol. The first kappa shape index (κ1) is 28.0. The number of rotatable bonds is 10. The summed E-state index contributed by atoms with van der Waals surface area (Å²) in [5.74, 6) is 0.590. The average Bonchev–Trinajstić information content (AvgIpc) is 2.99. The minimum atomic E-state index is -0.670.